The molecule has 0 aromatic carbocycles. The Morgan fingerprint density at radius 3 is 3.09 bits per heavy atom. The summed E-state index contributed by atoms with van der Waals surface area (Å²) in [6.07, 6.45) is 14.4. The second-order valence-electron chi connectivity index (χ2n) is 3.38. The molecule has 0 aromatic rings. The van der Waals surface area contributed by atoms with Crippen molar-refractivity contribution in [2.45, 2.75) is 31.7 Å². The predicted molar refractivity (Wildman–Crippen MR) is 47.2 cm³/mol. The van der Waals surface area contributed by atoms with Crippen molar-refractivity contribution in [1.82, 2.24) is 4.90 Å². The van der Waals surface area contributed by atoms with E-state index in [1.165, 1.54) is 32.2 Å². The maximum Gasteiger partial charge on any atom is 0.0470 e. The molecule has 1 atom stereocenters. The summed E-state index contributed by atoms with van der Waals surface area (Å²) in [4.78, 5) is 2.47. The van der Waals surface area contributed by atoms with E-state index in [0.717, 1.165) is 0 Å². The molecule has 0 N–H and O–H groups in total. The van der Waals surface area contributed by atoms with Gasteiger partial charge in [0.15, 0.2) is 0 Å². The Bertz CT molecular complexity index is 161. The van der Waals surface area contributed by atoms with Gasteiger partial charge in [0.25, 0.3) is 0 Å². The van der Waals surface area contributed by atoms with Gasteiger partial charge >= 0.3 is 0 Å². The summed E-state index contributed by atoms with van der Waals surface area (Å²) in [5.41, 5.74) is 0. The van der Waals surface area contributed by atoms with Gasteiger partial charge < -0.3 is 4.90 Å². The van der Waals surface area contributed by atoms with Crippen molar-refractivity contribution < 1.29 is 0 Å². The van der Waals surface area contributed by atoms with Crippen LogP contribution in [0, 0.1) is 0 Å². The van der Waals surface area contributed by atoms with Crippen molar-refractivity contribution in [2.24, 2.45) is 0 Å². The van der Waals surface area contributed by atoms with Crippen molar-refractivity contribution in [3.8, 4) is 0 Å². The first kappa shape index (κ1) is 6.96. The number of hydrogen-bond donors (Lipinski definition) is 0. The first-order valence-corrected chi connectivity index (χ1v) is 4.57. The molecule has 0 amide bonds. The fourth-order valence-corrected chi connectivity index (χ4v) is 1.90. The third-order valence-corrected chi connectivity index (χ3v) is 2.56. The Labute approximate surface area is 68.4 Å². The Morgan fingerprint density at radius 2 is 2.09 bits per heavy atom. The van der Waals surface area contributed by atoms with Crippen LogP contribution < -0.4 is 0 Å². The molecular formula is C10H15N. The van der Waals surface area contributed by atoms with Gasteiger partial charge in [-0.3, -0.25) is 0 Å². The molecule has 1 saturated heterocycles. The number of rotatable bonds is 0. The standard InChI is InChI=1S/C10H15N/c1-2-6-10-7-3-5-9-11(10)8-4-1/h3,5,7,9-10H,1-2,4,6,8H2. The van der Waals surface area contributed by atoms with Crippen LogP contribution in [0.4, 0.5) is 0 Å². The lowest BCUT2D eigenvalue weighted by Gasteiger charge is -2.27. The van der Waals surface area contributed by atoms with Gasteiger partial charge in [-0.25, -0.2) is 0 Å². The summed E-state index contributed by atoms with van der Waals surface area (Å²) in [7, 11) is 0. The maximum absolute atomic E-state index is 2.47. The molecule has 2 aliphatic rings. The van der Waals surface area contributed by atoms with Crippen molar-refractivity contribution in [2.75, 3.05) is 6.54 Å². The second kappa shape index (κ2) is 3.12. The summed E-state index contributed by atoms with van der Waals surface area (Å²) < 4.78 is 0. The Morgan fingerprint density at radius 1 is 1.09 bits per heavy atom. The Kier molecular flexibility index (Phi) is 1.97. The van der Waals surface area contributed by atoms with E-state index >= 15 is 0 Å². The summed E-state index contributed by atoms with van der Waals surface area (Å²) in [6, 6.07) is 0.711. The zero-order valence-electron chi connectivity index (χ0n) is 6.87. The zero-order chi connectivity index (χ0) is 7.52. The molecule has 60 valence electrons. The van der Waals surface area contributed by atoms with Crippen LogP contribution in [0.15, 0.2) is 24.4 Å². The van der Waals surface area contributed by atoms with Crippen molar-refractivity contribution in [3.05, 3.63) is 24.4 Å². The minimum atomic E-state index is 0.711. The summed E-state index contributed by atoms with van der Waals surface area (Å²) in [5, 5.41) is 0. The minimum absolute atomic E-state index is 0.711. The van der Waals surface area contributed by atoms with Crippen LogP contribution in [-0.2, 0) is 0 Å². The van der Waals surface area contributed by atoms with Crippen LogP contribution in [0.2, 0.25) is 0 Å². The highest BCUT2D eigenvalue weighted by molar-refractivity contribution is 5.13. The number of nitrogens with zero attached hydrogens (tertiary/aromatic N) is 1. The summed E-state index contributed by atoms with van der Waals surface area (Å²) in [5.74, 6) is 0. The van der Waals surface area contributed by atoms with Crippen LogP contribution in [-0.4, -0.2) is 17.5 Å². The van der Waals surface area contributed by atoms with E-state index in [0.29, 0.717) is 6.04 Å². The van der Waals surface area contributed by atoms with Crippen LogP contribution in [0.1, 0.15) is 25.7 Å². The molecule has 0 radical (unpaired) electrons. The van der Waals surface area contributed by atoms with E-state index in [9.17, 15) is 0 Å². The number of allylic oxidation sites excluding steroid dienone is 2. The zero-order valence-corrected chi connectivity index (χ0v) is 6.87. The molecule has 0 spiro atoms. The van der Waals surface area contributed by atoms with Gasteiger partial charge in [-0.1, -0.05) is 25.0 Å². The van der Waals surface area contributed by atoms with E-state index in [1.54, 1.807) is 0 Å². The highest BCUT2D eigenvalue weighted by Crippen LogP contribution is 2.19. The summed E-state index contributed by atoms with van der Waals surface area (Å²) in [6.45, 7) is 1.26. The van der Waals surface area contributed by atoms with Crippen LogP contribution in [0.3, 0.4) is 0 Å². The van der Waals surface area contributed by atoms with E-state index in [1.807, 2.05) is 0 Å². The average Bonchev–Trinajstić information content (AvgIpc) is 2.28. The predicted octanol–water partition coefficient (Wildman–Crippen LogP) is 2.31. The van der Waals surface area contributed by atoms with Crippen molar-refractivity contribution in [1.29, 1.82) is 0 Å². The lowest BCUT2D eigenvalue weighted by molar-refractivity contribution is 0.323. The quantitative estimate of drug-likeness (QED) is 0.511. The third-order valence-electron chi connectivity index (χ3n) is 2.56. The Balaban J connectivity index is 2.07. The molecule has 11 heavy (non-hydrogen) atoms. The normalized spacial score (nSPS) is 29.8. The lowest BCUT2D eigenvalue weighted by Crippen LogP contribution is -2.29. The van der Waals surface area contributed by atoms with E-state index < -0.39 is 0 Å². The molecule has 2 heterocycles. The van der Waals surface area contributed by atoms with Crippen molar-refractivity contribution in [3.63, 3.8) is 0 Å². The van der Waals surface area contributed by atoms with Crippen LogP contribution >= 0.6 is 0 Å². The minimum Gasteiger partial charge on any atom is -0.371 e. The van der Waals surface area contributed by atoms with Crippen LogP contribution in [0.5, 0.6) is 0 Å². The second-order valence-corrected chi connectivity index (χ2v) is 3.38. The molecule has 1 fully saturated rings. The molecule has 0 bridgehead atoms. The fourth-order valence-electron chi connectivity index (χ4n) is 1.90. The van der Waals surface area contributed by atoms with E-state index in [-0.39, 0.29) is 0 Å². The van der Waals surface area contributed by atoms with E-state index in [2.05, 4.69) is 29.3 Å². The Hall–Kier alpha value is -0.720. The SMILES string of the molecule is C1=CC2CCCCCN2C=C1. The highest BCUT2D eigenvalue weighted by Gasteiger charge is 2.16. The molecule has 2 aliphatic heterocycles. The molecule has 0 aromatic heterocycles. The fraction of sp³-hybridized carbons (Fsp3) is 0.600. The van der Waals surface area contributed by atoms with Gasteiger partial charge in [-0.2, -0.15) is 0 Å². The van der Waals surface area contributed by atoms with Gasteiger partial charge in [0.05, 0.1) is 0 Å². The largest absolute Gasteiger partial charge is 0.371 e. The maximum atomic E-state index is 2.47. The number of hydrogen-bond acceptors (Lipinski definition) is 1. The molecule has 1 heteroatoms. The lowest BCUT2D eigenvalue weighted by atomic mass is 10.1. The first-order chi connectivity index (χ1) is 5.47. The molecule has 1 nitrogen and oxygen atoms in total. The molecule has 1 unspecified atom stereocenters. The molecule has 0 saturated carbocycles. The molecular weight excluding hydrogens is 134 g/mol. The summed E-state index contributed by atoms with van der Waals surface area (Å²) >= 11 is 0. The van der Waals surface area contributed by atoms with Crippen LogP contribution in [0.25, 0.3) is 0 Å². The smallest absolute Gasteiger partial charge is 0.0470 e. The first-order valence-electron chi connectivity index (χ1n) is 4.57. The van der Waals surface area contributed by atoms with Gasteiger partial charge in [0.1, 0.15) is 0 Å². The number of fused-ring (bicyclic) bond motifs is 1. The topological polar surface area (TPSA) is 3.24 Å². The van der Waals surface area contributed by atoms with Gasteiger partial charge in [-0.15, -0.1) is 0 Å². The van der Waals surface area contributed by atoms with Gasteiger partial charge in [0, 0.05) is 12.6 Å². The van der Waals surface area contributed by atoms with Gasteiger partial charge in [0.2, 0.25) is 0 Å². The molecule has 0 aliphatic carbocycles. The average molecular weight is 149 g/mol. The monoisotopic (exact) mass is 149 g/mol. The third kappa shape index (κ3) is 1.47. The van der Waals surface area contributed by atoms with E-state index in [4.69, 9.17) is 0 Å². The van der Waals surface area contributed by atoms with Gasteiger partial charge in [-0.05, 0) is 25.1 Å². The van der Waals surface area contributed by atoms with Crippen molar-refractivity contribution >= 4 is 0 Å². The molecule has 2 rings (SSSR count). The highest BCUT2D eigenvalue weighted by atomic mass is 15.1.